The van der Waals surface area contributed by atoms with E-state index in [1.165, 1.54) is 11.6 Å². The van der Waals surface area contributed by atoms with Gasteiger partial charge in [0.05, 0.1) is 12.0 Å². The first-order valence-electron chi connectivity index (χ1n) is 9.59. The van der Waals surface area contributed by atoms with Crippen molar-refractivity contribution in [3.8, 4) is 11.5 Å². The molecule has 0 heterocycles. The van der Waals surface area contributed by atoms with Crippen molar-refractivity contribution in [2.75, 3.05) is 6.26 Å². The van der Waals surface area contributed by atoms with E-state index < -0.39 is 17.6 Å². The lowest BCUT2D eigenvalue weighted by atomic mass is 10.1. The van der Waals surface area contributed by atoms with E-state index in [0.29, 0.717) is 5.75 Å². The van der Waals surface area contributed by atoms with E-state index in [-0.39, 0.29) is 17.7 Å². The standard InChI is InChI=1S/C17H16F3NO2S.C7H8S/c1-10-5-14(24-2)3-4-15(10)23-13-7-11(8-16(21)22)6-12(9-13)17(18,19)20;8-6-7-4-2-1-3-5-7/h3-7,9H,8H2,1-2H3,(H2,21,22);1-5,8H,6H2. The average Bonchev–Trinajstić information content (AvgIpc) is 2.75. The van der Waals surface area contributed by atoms with E-state index in [2.05, 4.69) is 24.8 Å². The van der Waals surface area contributed by atoms with Crippen molar-refractivity contribution in [3.63, 3.8) is 0 Å². The number of hydrogen-bond donors (Lipinski definition) is 2. The minimum atomic E-state index is -4.54. The molecule has 0 aliphatic rings. The first-order chi connectivity index (χ1) is 15.1. The number of benzene rings is 3. The lowest BCUT2D eigenvalue weighted by Gasteiger charge is -2.14. The van der Waals surface area contributed by atoms with E-state index in [4.69, 9.17) is 10.5 Å². The number of thiol groups is 1. The maximum atomic E-state index is 13.0. The van der Waals surface area contributed by atoms with Crippen molar-refractivity contribution in [2.45, 2.75) is 30.2 Å². The highest BCUT2D eigenvalue weighted by molar-refractivity contribution is 7.98. The molecule has 0 unspecified atom stereocenters. The van der Waals surface area contributed by atoms with Gasteiger partial charge in [0.25, 0.3) is 0 Å². The van der Waals surface area contributed by atoms with Crippen LogP contribution in [0.25, 0.3) is 0 Å². The van der Waals surface area contributed by atoms with E-state index >= 15 is 0 Å². The molecule has 0 bridgehead atoms. The van der Waals surface area contributed by atoms with Gasteiger partial charge < -0.3 is 10.5 Å². The van der Waals surface area contributed by atoms with Crippen LogP contribution in [0.4, 0.5) is 13.2 Å². The highest BCUT2D eigenvalue weighted by Crippen LogP contribution is 2.35. The molecule has 8 heteroatoms. The fourth-order valence-electron chi connectivity index (χ4n) is 2.76. The Bertz CT molecular complexity index is 1040. The van der Waals surface area contributed by atoms with Crippen LogP contribution in [0.3, 0.4) is 0 Å². The van der Waals surface area contributed by atoms with Gasteiger partial charge in [-0.25, -0.2) is 0 Å². The van der Waals surface area contributed by atoms with Crippen molar-refractivity contribution in [3.05, 3.63) is 89.0 Å². The molecule has 0 fully saturated rings. The number of nitrogens with two attached hydrogens (primary N) is 1. The normalized spacial score (nSPS) is 10.8. The Balaban J connectivity index is 0.000000380. The van der Waals surface area contributed by atoms with Crippen molar-refractivity contribution in [1.82, 2.24) is 0 Å². The second-order valence-electron chi connectivity index (χ2n) is 6.88. The zero-order chi connectivity index (χ0) is 23.7. The number of rotatable bonds is 6. The summed E-state index contributed by atoms with van der Waals surface area (Å²) >= 11 is 5.67. The summed E-state index contributed by atoms with van der Waals surface area (Å²) < 4.78 is 44.7. The smallest absolute Gasteiger partial charge is 0.416 e. The van der Waals surface area contributed by atoms with Gasteiger partial charge >= 0.3 is 6.18 Å². The SMILES string of the molecule is CSc1ccc(Oc2cc(CC(N)=O)cc(C(F)(F)F)c2)c(C)c1.SCc1ccccc1. The molecule has 3 aromatic carbocycles. The van der Waals surface area contributed by atoms with Crippen molar-refractivity contribution in [2.24, 2.45) is 5.73 Å². The third-order valence-corrected chi connectivity index (χ3v) is 5.40. The number of primary amides is 1. The molecule has 3 rings (SSSR count). The number of halogens is 3. The molecule has 0 atom stereocenters. The molecule has 0 saturated carbocycles. The highest BCUT2D eigenvalue weighted by Gasteiger charge is 2.31. The second kappa shape index (κ2) is 11.9. The minimum Gasteiger partial charge on any atom is -0.457 e. The van der Waals surface area contributed by atoms with Crippen LogP contribution >= 0.6 is 24.4 Å². The first-order valence-corrected chi connectivity index (χ1v) is 11.4. The van der Waals surface area contributed by atoms with Gasteiger partial charge in [0.2, 0.25) is 5.91 Å². The molecule has 0 spiro atoms. The van der Waals surface area contributed by atoms with Crippen LogP contribution in [0, 0.1) is 6.92 Å². The lowest BCUT2D eigenvalue weighted by molar-refractivity contribution is -0.137. The first kappa shape index (κ1) is 25.7. The van der Waals surface area contributed by atoms with Crippen LogP contribution < -0.4 is 10.5 Å². The van der Waals surface area contributed by atoms with Gasteiger partial charge in [-0.15, -0.1) is 11.8 Å². The maximum Gasteiger partial charge on any atom is 0.416 e. The van der Waals surface area contributed by atoms with Crippen LogP contribution in [0.15, 0.2) is 71.6 Å². The predicted molar refractivity (Wildman–Crippen MR) is 127 cm³/mol. The number of carbonyl (C=O) groups is 1. The molecule has 3 aromatic rings. The van der Waals surface area contributed by atoms with E-state index in [1.54, 1.807) is 17.8 Å². The van der Waals surface area contributed by atoms with Crippen LogP contribution in [-0.2, 0) is 23.1 Å². The van der Waals surface area contributed by atoms with E-state index in [9.17, 15) is 18.0 Å². The quantitative estimate of drug-likeness (QED) is 0.307. The summed E-state index contributed by atoms with van der Waals surface area (Å²) in [5, 5.41) is 0. The minimum absolute atomic E-state index is 0.0149. The molecule has 32 heavy (non-hydrogen) atoms. The van der Waals surface area contributed by atoms with Crippen molar-refractivity contribution >= 4 is 30.3 Å². The van der Waals surface area contributed by atoms with Crippen LogP contribution in [-0.4, -0.2) is 12.2 Å². The van der Waals surface area contributed by atoms with Gasteiger partial charge in [0, 0.05) is 10.6 Å². The Morgan fingerprint density at radius 1 is 1.03 bits per heavy atom. The zero-order valence-corrected chi connectivity index (χ0v) is 19.4. The third-order valence-electron chi connectivity index (χ3n) is 4.31. The Kier molecular flexibility index (Phi) is 9.53. The fraction of sp³-hybridized carbons (Fsp3) is 0.208. The van der Waals surface area contributed by atoms with Crippen molar-refractivity contribution in [1.29, 1.82) is 0 Å². The van der Waals surface area contributed by atoms with Crippen LogP contribution in [0.5, 0.6) is 11.5 Å². The number of ether oxygens (including phenoxy) is 1. The molecule has 0 aliphatic carbocycles. The van der Waals surface area contributed by atoms with Gasteiger partial charge in [-0.2, -0.15) is 25.8 Å². The molecule has 0 radical (unpaired) electrons. The fourth-order valence-corrected chi connectivity index (χ4v) is 3.47. The van der Waals surface area contributed by atoms with Crippen molar-refractivity contribution < 1.29 is 22.7 Å². The summed E-state index contributed by atoms with van der Waals surface area (Å²) in [6, 6.07) is 18.8. The Morgan fingerprint density at radius 3 is 2.22 bits per heavy atom. The number of aryl methyl sites for hydroxylation is 1. The van der Waals surface area contributed by atoms with Gasteiger partial charge in [-0.1, -0.05) is 30.3 Å². The predicted octanol–water partition coefficient (Wildman–Crippen LogP) is 6.67. The highest BCUT2D eigenvalue weighted by atomic mass is 32.2. The summed E-state index contributed by atoms with van der Waals surface area (Å²) in [4.78, 5) is 12.0. The third kappa shape index (κ3) is 8.16. The van der Waals surface area contributed by atoms with Gasteiger partial charge in [-0.05, 0) is 66.3 Å². The summed E-state index contributed by atoms with van der Waals surface area (Å²) in [5.74, 6) is 0.597. The number of amides is 1. The Morgan fingerprint density at radius 2 is 1.72 bits per heavy atom. The number of hydrogen-bond acceptors (Lipinski definition) is 4. The molecule has 170 valence electrons. The second-order valence-corrected chi connectivity index (χ2v) is 8.08. The number of alkyl halides is 3. The number of thioether (sulfide) groups is 1. The molecule has 0 saturated heterocycles. The lowest BCUT2D eigenvalue weighted by Crippen LogP contribution is -2.14. The molecule has 3 nitrogen and oxygen atoms in total. The molecule has 1 amide bonds. The monoisotopic (exact) mass is 479 g/mol. The number of carbonyl (C=O) groups excluding carboxylic acids is 1. The van der Waals surface area contributed by atoms with Gasteiger partial charge in [0.15, 0.2) is 0 Å². The topological polar surface area (TPSA) is 52.3 Å². The molecule has 2 N–H and O–H groups in total. The Labute approximate surface area is 195 Å². The molecular formula is C24H24F3NO2S2. The largest absolute Gasteiger partial charge is 0.457 e. The summed E-state index contributed by atoms with van der Waals surface area (Å²) in [6.45, 7) is 1.81. The molecule has 0 aromatic heterocycles. The van der Waals surface area contributed by atoms with Gasteiger partial charge in [-0.3, -0.25) is 4.79 Å². The summed E-state index contributed by atoms with van der Waals surface area (Å²) in [6.07, 6.45) is -2.90. The Hall–Kier alpha value is -2.58. The van der Waals surface area contributed by atoms with Gasteiger partial charge in [0.1, 0.15) is 11.5 Å². The summed E-state index contributed by atoms with van der Waals surface area (Å²) in [5.41, 5.74) is 6.43. The van der Waals surface area contributed by atoms with E-state index in [0.717, 1.165) is 28.3 Å². The van der Waals surface area contributed by atoms with E-state index in [1.807, 2.05) is 43.5 Å². The maximum absolute atomic E-state index is 13.0. The average molecular weight is 480 g/mol. The summed E-state index contributed by atoms with van der Waals surface area (Å²) in [7, 11) is 0. The zero-order valence-electron chi connectivity index (χ0n) is 17.6. The molecule has 0 aliphatic heterocycles. The molecular weight excluding hydrogens is 455 g/mol. The van der Waals surface area contributed by atoms with Crippen LogP contribution in [0.1, 0.15) is 22.3 Å². The van der Waals surface area contributed by atoms with Crippen LogP contribution in [0.2, 0.25) is 0 Å².